The number of rotatable bonds is 11. The monoisotopic (exact) mass is 448 g/mol. The van der Waals surface area contributed by atoms with Crippen LogP contribution in [0.5, 0.6) is 5.75 Å². The number of halogens is 1. The summed E-state index contributed by atoms with van der Waals surface area (Å²) in [5.74, 6) is -0.947. The highest BCUT2D eigenvalue weighted by atomic mass is 35.5. The summed E-state index contributed by atoms with van der Waals surface area (Å²) in [6.07, 6.45) is 0.629. The molecule has 0 bridgehead atoms. The van der Waals surface area contributed by atoms with Crippen LogP contribution in [0, 0.1) is 10.1 Å². The van der Waals surface area contributed by atoms with Crippen LogP contribution in [0.3, 0.4) is 0 Å². The summed E-state index contributed by atoms with van der Waals surface area (Å²) in [6, 6.07) is 10.2. The van der Waals surface area contributed by atoms with Crippen LogP contribution in [0.15, 0.2) is 42.5 Å². The molecule has 0 radical (unpaired) electrons. The Morgan fingerprint density at radius 2 is 1.81 bits per heavy atom. The first-order valence-electron chi connectivity index (χ1n) is 9.45. The van der Waals surface area contributed by atoms with Crippen LogP contribution in [-0.4, -0.2) is 35.8 Å². The number of ether oxygens (including phenoxy) is 2. The van der Waals surface area contributed by atoms with Crippen LogP contribution in [0.1, 0.15) is 36.5 Å². The molecule has 0 spiro atoms. The van der Waals surface area contributed by atoms with Crippen LogP contribution in [0.25, 0.3) is 0 Å². The van der Waals surface area contributed by atoms with Crippen molar-refractivity contribution in [3.63, 3.8) is 0 Å². The summed E-state index contributed by atoms with van der Waals surface area (Å²) in [5.41, 5.74) is 0.374. The predicted octanol–water partition coefficient (Wildman–Crippen LogP) is 4.18. The number of non-ortho nitro benzene ring substituents is 1. The van der Waals surface area contributed by atoms with E-state index in [1.807, 2.05) is 6.92 Å². The average Bonchev–Trinajstić information content (AvgIpc) is 2.76. The minimum absolute atomic E-state index is 0.0226. The van der Waals surface area contributed by atoms with Crippen LogP contribution < -0.4 is 10.1 Å². The molecular weight excluding hydrogens is 428 g/mol. The van der Waals surface area contributed by atoms with Crippen molar-refractivity contribution in [3.05, 3.63) is 63.2 Å². The largest absolute Gasteiger partial charge is 0.494 e. The van der Waals surface area contributed by atoms with Gasteiger partial charge in [-0.05, 0) is 36.8 Å². The Kier molecular flexibility index (Phi) is 8.95. The lowest BCUT2D eigenvalue weighted by Gasteiger charge is -2.08. The predicted molar refractivity (Wildman–Crippen MR) is 113 cm³/mol. The normalized spacial score (nSPS) is 10.3. The molecule has 0 unspecified atom stereocenters. The first-order valence-corrected chi connectivity index (χ1v) is 9.83. The van der Waals surface area contributed by atoms with Gasteiger partial charge in [-0.25, -0.2) is 0 Å². The highest BCUT2D eigenvalue weighted by Gasteiger charge is 2.14. The fraction of sp³-hybridized carbons (Fsp3) is 0.286. The molecule has 10 heteroatoms. The van der Waals surface area contributed by atoms with Crippen LogP contribution in [-0.2, 0) is 14.3 Å². The van der Waals surface area contributed by atoms with Gasteiger partial charge in [-0.3, -0.25) is 24.5 Å². The minimum atomic E-state index is -0.707. The van der Waals surface area contributed by atoms with E-state index in [2.05, 4.69) is 5.32 Å². The van der Waals surface area contributed by atoms with Gasteiger partial charge < -0.3 is 14.8 Å². The topological polar surface area (TPSA) is 125 Å². The van der Waals surface area contributed by atoms with Gasteiger partial charge in [0.25, 0.3) is 11.6 Å². The molecule has 0 saturated heterocycles. The summed E-state index contributed by atoms with van der Waals surface area (Å²) < 4.78 is 10.3. The fourth-order valence-electron chi connectivity index (χ4n) is 2.44. The molecule has 0 aromatic heterocycles. The van der Waals surface area contributed by atoms with Gasteiger partial charge in [0.1, 0.15) is 5.75 Å². The minimum Gasteiger partial charge on any atom is -0.494 e. The molecule has 0 aliphatic heterocycles. The molecule has 2 rings (SSSR count). The zero-order chi connectivity index (χ0) is 22.8. The molecule has 0 fully saturated rings. The number of benzene rings is 2. The lowest BCUT2D eigenvalue weighted by molar-refractivity contribution is -0.384. The maximum absolute atomic E-state index is 12.2. The smallest absolute Gasteiger partial charge is 0.306 e. The molecule has 2 aromatic rings. The van der Waals surface area contributed by atoms with E-state index in [0.717, 1.165) is 12.5 Å². The van der Waals surface area contributed by atoms with Gasteiger partial charge in [-0.2, -0.15) is 0 Å². The molecule has 164 valence electrons. The van der Waals surface area contributed by atoms with Gasteiger partial charge in [0, 0.05) is 24.1 Å². The third kappa shape index (κ3) is 7.71. The highest BCUT2D eigenvalue weighted by Crippen LogP contribution is 2.26. The number of ketones is 1. The van der Waals surface area contributed by atoms with E-state index in [9.17, 15) is 24.5 Å². The third-order valence-electron chi connectivity index (χ3n) is 4.01. The molecule has 31 heavy (non-hydrogen) atoms. The lowest BCUT2D eigenvalue weighted by atomic mass is 10.1. The quantitative estimate of drug-likeness (QED) is 0.236. The Labute approximate surface area is 183 Å². The summed E-state index contributed by atoms with van der Waals surface area (Å²) in [7, 11) is 0. The summed E-state index contributed by atoms with van der Waals surface area (Å²) in [6.45, 7) is 2.00. The molecular formula is C21H21ClN2O7. The van der Waals surface area contributed by atoms with Crippen LogP contribution in [0.4, 0.5) is 11.4 Å². The fourth-order valence-corrected chi connectivity index (χ4v) is 2.66. The number of nitro benzene ring substituents is 1. The van der Waals surface area contributed by atoms with E-state index in [1.165, 1.54) is 12.1 Å². The van der Waals surface area contributed by atoms with E-state index >= 15 is 0 Å². The Morgan fingerprint density at radius 1 is 1.10 bits per heavy atom. The number of esters is 1. The van der Waals surface area contributed by atoms with Crippen molar-refractivity contribution in [1.29, 1.82) is 0 Å². The number of hydrogen-bond donors (Lipinski definition) is 1. The molecule has 2 aromatic carbocycles. The first kappa shape index (κ1) is 23.8. The van der Waals surface area contributed by atoms with Crippen molar-refractivity contribution in [2.45, 2.75) is 26.2 Å². The molecule has 0 atom stereocenters. The summed E-state index contributed by atoms with van der Waals surface area (Å²) >= 11 is 5.89. The van der Waals surface area contributed by atoms with Crippen molar-refractivity contribution in [1.82, 2.24) is 0 Å². The van der Waals surface area contributed by atoms with Crippen LogP contribution in [0.2, 0.25) is 5.02 Å². The number of nitrogens with one attached hydrogen (secondary N) is 1. The van der Waals surface area contributed by atoms with Crippen molar-refractivity contribution in [2.24, 2.45) is 0 Å². The van der Waals surface area contributed by atoms with Crippen molar-refractivity contribution >= 4 is 40.6 Å². The number of hydrogen-bond acceptors (Lipinski definition) is 7. The lowest BCUT2D eigenvalue weighted by Crippen LogP contribution is -2.21. The second-order valence-electron chi connectivity index (χ2n) is 6.43. The average molecular weight is 449 g/mol. The first-order chi connectivity index (χ1) is 14.8. The number of amides is 1. The maximum atomic E-state index is 12.2. The second-order valence-corrected chi connectivity index (χ2v) is 6.83. The van der Waals surface area contributed by atoms with Crippen molar-refractivity contribution in [2.75, 3.05) is 18.5 Å². The number of carbonyl (C=O) groups is 3. The Balaban J connectivity index is 1.75. The van der Waals surface area contributed by atoms with E-state index in [-0.39, 0.29) is 35.0 Å². The van der Waals surface area contributed by atoms with Crippen molar-refractivity contribution in [3.8, 4) is 5.75 Å². The standard InChI is InChI=1S/C21H21ClN2O7/c1-2-11-30-16-6-3-14(4-7-16)19(25)9-10-21(27)31-13-20(26)23-18-8-5-15(24(28)29)12-17(18)22/h3-8,12H,2,9-11,13H2,1H3,(H,23,26). The number of Topliss-reactive ketones (excluding diaryl/α,β-unsaturated/α-hetero) is 1. The van der Waals surface area contributed by atoms with Crippen molar-refractivity contribution < 1.29 is 28.8 Å². The van der Waals surface area contributed by atoms with E-state index < -0.39 is 23.4 Å². The molecule has 1 amide bonds. The molecule has 0 aliphatic carbocycles. The number of nitrogens with zero attached hydrogens (tertiary/aromatic N) is 1. The maximum Gasteiger partial charge on any atom is 0.306 e. The summed E-state index contributed by atoms with van der Waals surface area (Å²) in [4.78, 5) is 46.0. The molecule has 9 nitrogen and oxygen atoms in total. The highest BCUT2D eigenvalue weighted by molar-refractivity contribution is 6.34. The Bertz CT molecular complexity index is 961. The molecule has 0 heterocycles. The van der Waals surface area contributed by atoms with Gasteiger partial charge in [-0.15, -0.1) is 0 Å². The second kappa shape index (κ2) is 11.7. The van der Waals surface area contributed by atoms with Gasteiger partial charge in [0.2, 0.25) is 0 Å². The molecule has 0 saturated carbocycles. The Hall–Kier alpha value is -3.46. The van der Waals surface area contributed by atoms with Gasteiger partial charge in [0.15, 0.2) is 12.4 Å². The number of anilines is 1. The number of carbonyl (C=O) groups excluding carboxylic acids is 3. The van der Waals surface area contributed by atoms with Gasteiger partial charge in [-0.1, -0.05) is 18.5 Å². The zero-order valence-corrected chi connectivity index (χ0v) is 17.5. The molecule has 0 aliphatic rings. The number of nitro groups is 1. The molecule has 1 N–H and O–H groups in total. The van der Waals surface area contributed by atoms with Gasteiger partial charge >= 0.3 is 5.97 Å². The SMILES string of the molecule is CCCOc1ccc(C(=O)CCC(=O)OCC(=O)Nc2ccc([N+](=O)[O-])cc2Cl)cc1. The van der Waals surface area contributed by atoms with E-state index in [1.54, 1.807) is 24.3 Å². The van der Waals surface area contributed by atoms with E-state index in [0.29, 0.717) is 17.9 Å². The third-order valence-corrected chi connectivity index (χ3v) is 4.32. The summed E-state index contributed by atoms with van der Waals surface area (Å²) in [5, 5.41) is 13.1. The van der Waals surface area contributed by atoms with Crippen LogP contribution >= 0.6 is 11.6 Å². The van der Waals surface area contributed by atoms with E-state index in [4.69, 9.17) is 21.1 Å². The zero-order valence-electron chi connectivity index (χ0n) is 16.8. The Morgan fingerprint density at radius 3 is 2.42 bits per heavy atom. The van der Waals surface area contributed by atoms with Gasteiger partial charge in [0.05, 0.1) is 28.7 Å².